The molecule has 1 fully saturated rings. The van der Waals surface area contributed by atoms with Crippen molar-refractivity contribution in [3.63, 3.8) is 0 Å². The van der Waals surface area contributed by atoms with E-state index in [1.165, 1.54) is 22.9 Å². The second-order valence-corrected chi connectivity index (χ2v) is 9.11. The van der Waals surface area contributed by atoms with E-state index >= 15 is 0 Å². The molecule has 0 spiro atoms. The second kappa shape index (κ2) is 7.88. The third-order valence-corrected chi connectivity index (χ3v) is 6.95. The third-order valence-electron chi connectivity index (χ3n) is 5.17. The minimum atomic E-state index is -3.57. The number of nitrogens with zero attached hydrogens (tertiary/aromatic N) is 6. The van der Waals surface area contributed by atoms with Crippen LogP contribution in [0.1, 0.15) is 12.8 Å². The molecule has 1 aliphatic heterocycles. The molecule has 0 bridgehead atoms. The van der Waals surface area contributed by atoms with Gasteiger partial charge in [-0.25, -0.2) is 18.4 Å². The second-order valence-electron chi connectivity index (χ2n) is 7.23. The van der Waals surface area contributed by atoms with E-state index in [0.717, 1.165) is 5.56 Å². The van der Waals surface area contributed by atoms with Gasteiger partial charge in [-0.2, -0.15) is 4.31 Å². The number of sulfonamides is 1. The van der Waals surface area contributed by atoms with Gasteiger partial charge in [-0.1, -0.05) is 0 Å². The summed E-state index contributed by atoms with van der Waals surface area (Å²) in [5, 5.41) is 0.0746. The van der Waals surface area contributed by atoms with Crippen molar-refractivity contribution in [2.24, 2.45) is 13.0 Å². The molecule has 0 aromatic carbocycles. The van der Waals surface area contributed by atoms with Crippen LogP contribution in [0.3, 0.4) is 0 Å². The Labute approximate surface area is 168 Å². The Morgan fingerprint density at radius 2 is 1.83 bits per heavy atom. The van der Waals surface area contributed by atoms with E-state index in [1.54, 1.807) is 34.9 Å². The van der Waals surface area contributed by atoms with Gasteiger partial charge < -0.3 is 4.57 Å². The number of aryl methyl sites for hydroxylation is 1. The molecule has 3 aromatic heterocycles. The Morgan fingerprint density at radius 3 is 2.45 bits per heavy atom. The van der Waals surface area contributed by atoms with Gasteiger partial charge >= 0.3 is 0 Å². The van der Waals surface area contributed by atoms with E-state index in [-0.39, 0.29) is 16.5 Å². The minimum absolute atomic E-state index is 0.0746. The molecule has 1 saturated heterocycles. The summed E-state index contributed by atoms with van der Waals surface area (Å²) in [7, 11) is -1.83. The first-order valence-corrected chi connectivity index (χ1v) is 10.8. The summed E-state index contributed by atoms with van der Waals surface area (Å²) >= 11 is 0. The fraction of sp³-hybridized carbons (Fsp3) is 0.368. The summed E-state index contributed by atoms with van der Waals surface area (Å²) in [5.41, 5.74) is 1.34. The highest BCUT2D eigenvalue weighted by Crippen LogP contribution is 2.24. The van der Waals surface area contributed by atoms with Gasteiger partial charge in [-0.05, 0) is 30.9 Å². The number of hydrogen-bond acceptors (Lipinski definition) is 6. The molecule has 4 heterocycles. The van der Waals surface area contributed by atoms with Crippen molar-refractivity contribution in [1.29, 1.82) is 0 Å². The van der Waals surface area contributed by atoms with E-state index in [0.29, 0.717) is 38.2 Å². The van der Waals surface area contributed by atoms with Crippen LogP contribution in [0.2, 0.25) is 0 Å². The van der Waals surface area contributed by atoms with Crippen LogP contribution in [0, 0.1) is 5.92 Å². The van der Waals surface area contributed by atoms with Crippen LogP contribution in [0.25, 0.3) is 11.3 Å². The summed E-state index contributed by atoms with van der Waals surface area (Å²) in [6.07, 6.45) is 9.25. The average molecular weight is 414 g/mol. The predicted molar refractivity (Wildman–Crippen MR) is 106 cm³/mol. The molecule has 3 aromatic rings. The van der Waals surface area contributed by atoms with Crippen LogP contribution in [-0.4, -0.2) is 49.9 Å². The third kappa shape index (κ3) is 4.13. The normalized spacial score (nSPS) is 16.2. The minimum Gasteiger partial charge on any atom is -0.339 e. The smallest absolute Gasteiger partial charge is 0.262 e. The molecular formula is C19H22N6O3S. The molecule has 0 N–H and O–H groups in total. The number of imidazole rings is 1. The van der Waals surface area contributed by atoms with Gasteiger partial charge in [0.1, 0.15) is 0 Å². The zero-order valence-corrected chi connectivity index (χ0v) is 16.9. The van der Waals surface area contributed by atoms with Crippen molar-refractivity contribution in [3.05, 3.63) is 59.8 Å². The van der Waals surface area contributed by atoms with Crippen LogP contribution in [-0.2, 0) is 23.6 Å². The van der Waals surface area contributed by atoms with E-state index in [4.69, 9.17) is 0 Å². The fourth-order valence-corrected chi connectivity index (χ4v) is 4.94. The molecule has 0 atom stereocenters. The first-order valence-electron chi connectivity index (χ1n) is 9.38. The zero-order chi connectivity index (χ0) is 20.4. The topological polar surface area (TPSA) is 103 Å². The SMILES string of the molecule is Cn1cnc(S(=O)(=O)N2CCC(Cn3cnc(-c4ccncc4)cc3=O)CC2)c1. The lowest BCUT2D eigenvalue weighted by molar-refractivity contribution is 0.250. The van der Waals surface area contributed by atoms with Crippen molar-refractivity contribution in [3.8, 4) is 11.3 Å². The van der Waals surface area contributed by atoms with Gasteiger partial charge in [0.25, 0.3) is 15.6 Å². The quantitative estimate of drug-likeness (QED) is 0.620. The predicted octanol–water partition coefficient (Wildman–Crippen LogP) is 1.14. The molecule has 9 nitrogen and oxygen atoms in total. The van der Waals surface area contributed by atoms with Gasteiger partial charge in [0, 0.05) is 56.9 Å². The summed E-state index contributed by atoms with van der Waals surface area (Å²) in [4.78, 5) is 24.8. The Hall–Kier alpha value is -2.85. The maximum absolute atomic E-state index is 12.7. The summed E-state index contributed by atoms with van der Waals surface area (Å²) < 4.78 is 30.0. The molecule has 4 rings (SSSR count). The van der Waals surface area contributed by atoms with Gasteiger partial charge in [-0.15, -0.1) is 0 Å². The number of piperidine rings is 1. The number of hydrogen-bond donors (Lipinski definition) is 0. The molecule has 0 unspecified atom stereocenters. The first kappa shape index (κ1) is 19.5. The van der Waals surface area contributed by atoms with Gasteiger partial charge in [0.05, 0.1) is 18.3 Å². The van der Waals surface area contributed by atoms with Crippen molar-refractivity contribution >= 4 is 10.0 Å². The Morgan fingerprint density at radius 1 is 1.10 bits per heavy atom. The molecular weight excluding hydrogens is 392 g/mol. The van der Waals surface area contributed by atoms with Gasteiger partial charge in [-0.3, -0.25) is 14.3 Å². The van der Waals surface area contributed by atoms with Crippen LogP contribution < -0.4 is 5.56 Å². The molecule has 0 amide bonds. The largest absolute Gasteiger partial charge is 0.339 e. The van der Waals surface area contributed by atoms with Crippen molar-refractivity contribution in [2.75, 3.05) is 13.1 Å². The molecule has 1 aliphatic rings. The lowest BCUT2D eigenvalue weighted by Gasteiger charge is -2.30. The molecule has 10 heteroatoms. The lowest BCUT2D eigenvalue weighted by Crippen LogP contribution is -2.40. The van der Waals surface area contributed by atoms with Gasteiger partial charge in [0.15, 0.2) is 5.03 Å². The van der Waals surface area contributed by atoms with Crippen LogP contribution in [0.5, 0.6) is 0 Å². The van der Waals surface area contributed by atoms with E-state index in [1.807, 2.05) is 12.1 Å². The Kier molecular flexibility index (Phi) is 5.29. The van der Waals surface area contributed by atoms with Crippen molar-refractivity contribution in [1.82, 2.24) is 28.4 Å². The summed E-state index contributed by atoms with van der Waals surface area (Å²) in [6, 6.07) is 5.14. The maximum atomic E-state index is 12.7. The molecule has 29 heavy (non-hydrogen) atoms. The molecule has 0 aliphatic carbocycles. The van der Waals surface area contributed by atoms with Crippen LogP contribution >= 0.6 is 0 Å². The Balaban J connectivity index is 1.40. The number of aromatic nitrogens is 5. The van der Waals surface area contributed by atoms with Crippen molar-refractivity contribution < 1.29 is 8.42 Å². The fourth-order valence-electron chi connectivity index (χ4n) is 3.51. The zero-order valence-electron chi connectivity index (χ0n) is 16.0. The maximum Gasteiger partial charge on any atom is 0.262 e. The Bertz CT molecular complexity index is 1150. The van der Waals surface area contributed by atoms with E-state index in [9.17, 15) is 13.2 Å². The van der Waals surface area contributed by atoms with E-state index in [2.05, 4.69) is 15.0 Å². The van der Waals surface area contributed by atoms with Crippen LogP contribution in [0.4, 0.5) is 0 Å². The number of rotatable bonds is 5. The highest BCUT2D eigenvalue weighted by atomic mass is 32.2. The first-order chi connectivity index (χ1) is 13.9. The van der Waals surface area contributed by atoms with Crippen molar-refractivity contribution in [2.45, 2.75) is 24.4 Å². The molecule has 0 saturated carbocycles. The van der Waals surface area contributed by atoms with Gasteiger partial charge in [0.2, 0.25) is 0 Å². The lowest BCUT2D eigenvalue weighted by atomic mass is 9.98. The summed E-state index contributed by atoms with van der Waals surface area (Å²) in [5.74, 6) is 0.219. The number of pyridine rings is 1. The van der Waals surface area contributed by atoms with Crippen LogP contribution in [0.15, 0.2) is 59.3 Å². The average Bonchev–Trinajstić information content (AvgIpc) is 3.18. The standard InChI is InChI=1S/C19H22N6O3S/c1-23-12-18(22-13-23)29(27,28)25-8-4-15(5-9-25)11-24-14-21-17(10-19(24)26)16-2-6-20-7-3-16/h2-3,6-7,10,12-15H,4-5,8-9,11H2,1H3. The highest BCUT2D eigenvalue weighted by molar-refractivity contribution is 7.89. The molecule has 152 valence electrons. The summed E-state index contributed by atoms with van der Waals surface area (Å²) in [6.45, 7) is 1.36. The van der Waals surface area contributed by atoms with E-state index < -0.39 is 10.0 Å². The monoisotopic (exact) mass is 414 g/mol. The molecule has 0 radical (unpaired) electrons. The highest BCUT2D eigenvalue weighted by Gasteiger charge is 2.31.